The first-order valence-electron chi connectivity index (χ1n) is 10.8. The fraction of sp³-hybridized carbons (Fsp3) is 0.320. The lowest BCUT2D eigenvalue weighted by molar-refractivity contribution is -0.0901. The number of nitrogens with one attached hydrogen (secondary N) is 2. The van der Waals surface area contributed by atoms with Crippen molar-refractivity contribution in [2.45, 2.75) is 45.8 Å². The number of amidine groups is 1. The van der Waals surface area contributed by atoms with Crippen molar-refractivity contribution < 1.29 is 27.1 Å². The Kier molecular flexibility index (Phi) is 9.80. The predicted octanol–water partition coefficient (Wildman–Crippen LogP) is 6.42. The molecule has 9 heteroatoms. The van der Waals surface area contributed by atoms with Crippen molar-refractivity contribution in [3.05, 3.63) is 88.8 Å². The number of halogens is 5. The average molecular weight is 482 g/mol. The second-order valence-corrected chi connectivity index (χ2v) is 7.47. The zero-order valence-corrected chi connectivity index (χ0v) is 19.2. The molecule has 2 aromatic carbocycles. The number of anilines is 1. The zero-order valence-electron chi connectivity index (χ0n) is 19.2. The van der Waals surface area contributed by atoms with Crippen LogP contribution in [0.3, 0.4) is 0 Å². The molecule has 0 aliphatic rings. The van der Waals surface area contributed by atoms with E-state index >= 15 is 0 Å². The van der Waals surface area contributed by atoms with E-state index in [4.69, 9.17) is 0 Å². The highest BCUT2D eigenvalue weighted by molar-refractivity contribution is 5.94. The molecule has 0 fully saturated rings. The molecular formula is C25H28F5N3O. The van der Waals surface area contributed by atoms with E-state index in [1.807, 2.05) is 0 Å². The Balaban J connectivity index is 2.32. The third-order valence-electron chi connectivity index (χ3n) is 5.04. The number of nitrogens with zero attached hydrogens (tertiary/aromatic N) is 1. The van der Waals surface area contributed by atoms with Crippen molar-refractivity contribution in [2.75, 3.05) is 11.9 Å². The Hall–Kier alpha value is -3.20. The van der Waals surface area contributed by atoms with Crippen LogP contribution in [-0.4, -0.2) is 23.7 Å². The lowest BCUT2D eigenvalue weighted by Gasteiger charge is -2.24. The minimum Gasteiger partial charge on any atom is -0.396 e. The Morgan fingerprint density at radius 1 is 1.12 bits per heavy atom. The number of aliphatic hydroxyl groups is 1. The van der Waals surface area contributed by atoms with Gasteiger partial charge in [0.15, 0.2) is 0 Å². The first kappa shape index (κ1) is 27.0. The molecule has 2 aromatic rings. The molecule has 4 nitrogen and oxygen atoms in total. The van der Waals surface area contributed by atoms with Crippen LogP contribution in [-0.2, 0) is 6.42 Å². The van der Waals surface area contributed by atoms with E-state index in [1.54, 1.807) is 37.3 Å². The van der Waals surface area contributed by atoms with Crippen LogP contribution in [0.1, 0.15) is 44.4 Å². The molecular weight excluding hydrogens is 453 g/mol. The molecule has 0 bridgehead atoms. The van der Waals surface area contributed by atoms with Crippen LogP contribution in [0.4, 0.5) is 27.6 Å². The summed E-state index contributed by atoms with van der Waals surface area (Å²) >= 11 is 0. The number of hydrogen-bond donors (Lipinski definition) is 3. The molecule has 0 saturated carbocycles. The van der Waals surface area contributed by atoms with Crippen molar-refractivity contribution in [2.24, 2.45) is 4.99 Å². The number of alkyl halides is 3. The molecule has 0 aromatic heterocycles. The van der Waals surface area contributed by atoms with Crippen LogP contribution in [0, 0.1) is 11.6 Å². The van der Waals surface area contributed by atoms with Gasteiger partial charge in [0.05, 0.1) is 11.6 Å². The second-order valence-electron chi connectivity index (χ2n) is 7.47. The summed E-state index contributed by atoms with van der Waals surface area (Å²) in [7, 11) is 0. The van der Waals surface area contributed by atoms with Gasteiger partial charge in [0.25, 0.3) is 0 Å². The molecule has 34 heavy (non-hydrogen) atoms. The lowest BCUT2D eigenvalue weighted by atomic mass is 10.0. The van der Waals surface area contributed by atoms with E-state index in [1.165, 1.54) is 19.9 Å². The smallest absolute Gasteiger partial charge is 0.396 e. The van der Waals surface area contributed by atoms with Gasteiger partial charge in [-0.25, -0.2) is 13.8 Å². The summed E-state index contributed by atoms with van der Waals surface area (Å²) in [6, 6.07) is 10.4. The van der Waals surface area contributed by atoms with Crippen molar-refractivity contribution in [3.63, 3.8) is 0 Å². The number of hydrogen-bond acceptors (Lipinski definition) is 3. The Morgan fingerprint density at radius 3 is 2.24 bits per heavy atom. The van der Waals surface area contributed by atoms with Gasteiger partial charge in [-0.2, -0.15) is 13.2 Å². The minimum absolute atomic E-state index is 0.00946. The highest BCUT2D eigenvalue weighted by Gasteiger charge is 2.36. The summed E-state index contributed by atoms with van der Waals surface area (Å²) in [5.41, 5.74) is -0.561. The maximum Gasteiger partial charge on any atom is 0.419 e. The summed E-state index contributed by atoms with van der Waals surface area (Å²) in [6.45, 7) is 4.23. The third kappa shape index (κ3) is 7.41. The first-order chi connectivity index (χ1) is 16.1. The van der Waals surface area contributed by atoms with Crippen molar-refractivity contribution >= 4 is 11.5 Å². The van der Waals surface area contributed by atoms with E-state index in [2.05, 4.69) is 15.6 Å². The molecule has 1 unspecified atom stereocenters. The molecule has 3 N–H and O–H groups in total. The monoisotopic (exact) mass is 481 g/mol. The normalized spacial score (nSPS) is 14.2. The fourth-order valence-electron chi connectivity index (χ4n) is 3.35. The fourth-order valence-corrected chi connectivity index (χ4v) is 3.35. The minimum atomic E-state index is -4.74. The van der Waals surface area contributed by atoms with Crippen LogP contribution in [0.2, 0.25) is 0 Å². The predicted molar refractivity (Wildman–Crippen MR) is 124 cm³/mol. The maximum atomic E-state index is 14.0. The average Bonchev–Trinajstić information content (AvgIpc) is 2.77. The van der Waals surface area contributed by atoms with E-state index in [0.717, 1.165) is 17.7 Å². The summed E-state index contributed by atoms with van der Waals surface area (Å²) in [4.78, 5) is 3.83. The van der Waals surface area contributed by atoms with E-state index in [9.17, 15) is 27.1 Å². The molecule has 0 aliphatic carbocycles. The molecule has 184 valence electrons. The summed E-state index contributed by atoms with van der Waals surface area (Å²) in [5.74, 6) is -1.49. The molecule has 1 atom stereocenters. The van der Waals surface area contributed by atoms with Gasteiger partial charge in [-0.1, -0.05) is 43.3 Å². The maximum absolute atomic E-state index is 14.0. The van der Waals surface area contributed by atoms with Gasteiger partial charge in [0.2, 0.25) is 0 Å². The molecule has 0 amide bonds. The lowest BCUT2D eigenvalue weighted by Crippen LogP contribution is -2.27. The van der Waals surface area contributed by atoms with Crippen LogP contribution >= 0.6 is 0 Å². The molecule has 0 heterocycles. The van der Waals surface area contributed by atoms with Crippen LogP contribution < -0.4 is 10.6 Å². The van der Waals surface area contributed by atoms with E-state index < -0.39 is 29.4 Å². The third-order valence-corrected chi connectivity index (χ3v) is 5.04. The van der Waals surface area contributed by atoms with E-state index in [-0.39, 0.29) is 42.2 Å². The van der Waals surface area contributed by atoms with Gasteiger partial charge in [0.1, 0.15) is 17.5 Å². The van der Waals surface area contributed by atoms with Crippen molar-refractivity contribution in [3.8, 4) is 0 Å². The molecule has 0 spiro atoms. The van der Waals surface area contributed by atoms with Gasteiger partial charge < -0.3 is 15.7 Å². The summed E-state index contributed by atoms with van der Waals surface area (Å²) in [6.07, 6.45) is -2.44. The Morgan fingerprint density at radius 2 is 1.74 bits per heavy atom. The quantitative estimate of drug-likeness (QED) is 0.168. The van der Waals surface area contributed by atoms with E-state index in [0.29, 0.717) is 6.20 Å². The summed E-state index contributed by atoms with van der Waals surface area (Å²) < 4.78 is 69.6. The molecule has 0 radical (unpaired) electrons. The van der Waals surface area contributed by atoms with Crippen LogP contribution in [0.15, 0.2) is 71.0 Å². The van der Waals surface area contributed by atoms with Gasteiger partial charge in [-0.15, -0.1) is 0 Å². The Labute approximate surface area is 195 Å². The largest absolute Gasteiger partial charge is 0.419 e. The number of benzene rings is 2. The van der Waals surface area contributed by atoms with Gasteiger partial charge in [-0.3, -0.25) is 0 Å². The second kappa shape index (κ2) is 12.3. The number of aliphatic hydroxyl groups excluding tert-OH is 1. The van der Waals surface area contributed by atoms with Crippen LogP contribution in [0.5, 0.6) is 0 Å². The number of aliphatic imine (C=N–C) groups is 1. The highest BCUT2D eigenvalue weighted by atomic mass is 19.4. The Bertz CT molecular complexity index is 1020. The van der Waals surface area contributed by atoms with Gasteiger partial charge in [0, 0.05) is 29.8 Å². The number of allylic oxidation sites excluding steroid dienone is 2. The van der Waals surface area contributed by atoms with Gasteiger partial charge in [-0.05, 0) is 44.4 Å². The highest BCUT2D eigenvalue weighted by Crippen LogP contribution is 2.32. The van der Waals surface area contributed by atoms with Crippen LogP contribution in [0.25, 0.3) is 0 Å². The first-order valence-corrected chi connectivity index (χ1v) is 10.8. The van der Waals surface area contributed by atoms with Crippen molar-refractivity contribution in [1.29, 1.82) is 0 Å². The standard InChI is InChI=1S/C25H28F5N3O/c1-4-19-21(26)13-18(14-22(19)27)32-16(3)31-15-20(25(28,29)30)23(5-2)33-24(11-12-34)17-9-7-6-8-10-17/h5-10,13-15,24,33-34H,4,11-12H2,1-3H3,(H,31,32)/b20-15+,23-5+. The van der Waals surface area contributed by atoms with Gasteiger partial charge >= 0.3 is 6.18 Å². The SMILES string of the molecule is C\C=C(NC(CCO)c1ccccc1)/C(=C\N=C(/C)Nc1cc(F)c(CC)c(F)c1)C(F)(F)F. The molecule has 0 saturated heterocycles. The van der Waals surface area contributed by atoms with Crippen molar-refractivity contribution in [1.82, 2.24) is 5.32 Å². The zero-order chi connectivity index (χ0) is 25.3. The molecule has 0 aliphatic heterocycles. The topological polar surface area (TPSA) is 56.6 Å². The number of rotatable bonds is 9. The summed E-state index contributed by atoms with van der Waals surface area (Å²) in [5, 5.41) is 14.9. The molecule has 2 rings (SSSR count).